The van der Waals surface area contributed by atoms with Crippen molar-refractivity contribution in [3.8, 4) is 0 Å². The van der Waals surface area contributed by atoms with E-state index in [1.165, 1.54) is 96.3 Å². The zero-order chi connectivity index (χ0) is 22.4. The summed E-state index contributed by atoms with van der Waals surface area (Å²) in [6.45, 7) is 0. The minimum atomic E-state index is 0.334. The second kappa shape index (κ2) is 9.53. The van der Waals surface area contributed by atoms with Crippen LogP contribution < -0.4 is 10.6 Å². The molecule has 33 heavy (non-hydrogen) atoms. The van der Waals surface area contributed by atoms with Crippen molar-refractivity contribution in [2.45, 2.75) is 121 Å². The van der Waals surface area contributed by atoms with Crippen LogP contribution in [0.5, 0.6) is 0 Å². The maximum Gasteiger partial charge on any atom is 0.223 e. The van der Waals surface area contributed by atoms with Crippen LogP contribution in [-0.2, 0) is 9.59 Å². The zero-order valence-corrected chi connectivity index (χ0v) is 20.6. The lowest BCUT2D eigenvalue weighted by Gasteiger charge is -2.35. The molecule has 2 N–H and O–H groups in total. The highest BCUT2D eigenvalue weighted by Crippen LogP contribution is 2.49. The molecule has 0 aromatic heterocycles. The van der Waals surface area contributed by atoms with Crippen molar-refractivity contribution >= 4 is 11.8 Å². The summed E-state index contributed by atoms with van der Waals surface area (Å²) < 4.78 is 0. The van der Waals surface area contributed by atoms with Crippen LogP contribution in [0.4, 0.5) is 0 Å². The van der Waals surface area contributed by atoms with Crippen molar-refractivity contribution in [1.29, 1.82) is 0 Å². The number of hydrogen-bond acceptors (Lipinski definition) is 2. The van der Waals surface area contributed by atoms with E-state index in [1.807, 2.05) is 0 Å². The van der Waals surface area contributed by atoms with E-state index < -0.39 is 0 Å². The summed E-state index contributed by atoms with van der Waals surface area (Å²) in [4.78, 5) is 25.6. The molecule has 0 aromatic rings. The lowest BCUT2D eigenvalue weighted by Crippen LogP contribution is -2.43. The van der Waals surface area contributed by atoms with E-state index in [2.05, 4.69) is 10.6 Å². The molecule has 2 amide bonds. The molecule has 0 unspecified atom stereocenters. The predicted octanol–water partition coefficient (Wildman–Crippen LogP) is 5.60. The third-order valence-electron chi connectivity index (χ3n) is 11.2. The first-order valence-electron chi connectivity index (χ1n) is 14.7. The van der Waals surface area contributed by atoms with Crippen LogP contribution in [0.3, 0.4) is 0 Å². The molecule has 6 saturated carbocycles. The van der Waals surface area contributed by atoms with E-state index in [1.54, 1.807) is 0 Å². The molecule has 4 heteroatoms. The van der Waals surface area contributed by atoms with Gasteiger partial charge in [-0.3, -0.25) is 9.59 Å². The number of rotatable bonds is 6. The Kier molecular flexibility index (Phi) is 6.47. The van der Waals surface area contributed by atoms with Crippen LogP contribution in [-0.4, -0.2) is 23.9 Å². The average Bonchev–Trinajstić information content (AvgIpc) is 3.63. The fraction of sp³-hybridized carbons (Fsp3) is 0.931. The number of hydrogen-bond donors (Lipinski definition) is 2. The van der Waals surface area contributed by atoms with Crippen molar-refractivity contribution in [3.05, 3.63) is 0 Å². The largest absolute Gasteiger partial charge is 0.353 e. The monoisotopic (exact) mass is 454 g/mol. The van der Waals surface area contributed by atoms with Crippen molar-refractivity contribution in [1.82, 2.24) is 10.6 Å². The van der Waals surface area contributed by atoms with Gasteiger partial charge in [0.05, 0.1) is 0 Å². The lowest BCUT2D eigenvalue weighted by atomic mass is 9.75. The summed E-state index contributed by atoms with van der Waals surface area (Å²) in [5.41, 5.74) is 0. The minimum absolute atomic E-state index is 0.334. The summed E-state index contributed by atoms with van der Waals surface area (Å²) >= 11 is 0. The molecule has 6 rings (SSSR count). The first-order valence-corrected chi connectivity index (χ1v) is 14.7. The summed E-state index contributed by atoms with van der Waals surface area (Å²) in [6.07, 6.45) is 21.6. The van der Waals surface area contributed by atoms with Crippen LogP contribution in [0, 0.1) is 47.3 Å². The van der Waals surface area contributed by atoms with Gasteiger partial charge in [0.25, 0.3) is 0 Å². The first-order chi connectivity index (χ1) is 16.1. The van der Waals surface area contributed by atoms with Crippen LogP contribution in [0.25, 0.3) is 0 Å². The molecule has 4 bridgehead atoms. The standard InChI is InChI=1S/C29H46N2O2/c32-28(26-16-20-1-7-22(26)14-20)30-24-9-3-18(4-10-24)13-19-5-11-25(12-6-19)31-29(33)27-17-21-2-8-23(27)15-21/h18-27H,1-17H2,(H,30,32)(H,31,33)/t18?,19?,20-,21-,22-,23-,24?,25?,26-,27+/m0/s1. The van der Waals surface area contributed by atoms with Crippen molar-refractivity contribution in [2.24, 2.45) is 47.3 Å². The quantitative estimate of drug-likeness (QED) is 0.549. The predicted molar refractivity (Wildman–Crippen MR) is 130 cm³/mol. The van der Waals surface area contributed by atoms with Gasteiger partial charge in [-0.1, -0.05) is 12.8 Å². The number of fused-ring (bicyclic) bond motifs is 4. The van der Waals surface area contributed by atoms with Crippen molar-refractivity contribution in [3.63, 3.8) is 0 Å². The van der Waals surface area contributed by atoms with Gasteiger partial charge in [-0.15, -0.1) is 0 Å². The van der Waals surface area contributed by atoms with Crippen molar-refractivity contribution < 1.29 is 9.59 Å². The molecule has 0 aliphatic heterocycles. The molecule has 6 aliphatic rings. The van der Waals surface area contributed by atoms with Gasteiger partial charge in [0.2, 0.25) is 11.8 Å². The highest BCUT2D eigenvalue weighted by atomic mass is 16.2. The number of carbonyl (C=O) groups is 2. The minimum Gasteiger partial charge on any atom is -0.353 e. The molecule has 0 radical (unpaired) electrons. The second-order valence-corrected chi connectivity index (χ2v) is 13.3. The van der Waals surface area contributed by atoms with E-state index >= 15 is 0 Å². The van der Waals surface area contributed by atoms with E-state index in [9.17, 15) is 9.59 Å². The summed E-state index contributed by atoms with van der Waals surface area (Å²) in [7, 11) is 0. The fourth-order valence-corrected chi connectivity index (χ4v) is 9.30. The smallest absolute Gasteiger partial charge is 0.223 e. The van der Waals surface area contributed by atoms with E-state index in [4.69, 9.17) is 0 Å². The Hall–Kier alpha value is -1.06. The molecule has 6 fully saturated rings. The van der Waals surface area contributed by atoms with Crippen molar-refractivity contribution in [2.75, 3.05) is 0 Å². The van der Waals surface area contributed by atoms with E-state index in [-0.39, 0.29) is 0 Å². The van der Waals surface area contributed by atoms with E-state index in [0.29, 0.717) is 47.6 Å². The maximum atomic E-state index is 12.8. The third-order valence-corrected chi connectivity index (χ3v) is 11.2. The molecule has 0 saturated heterocycles. The van der Waals surface area contributed by atoms with Crippen LogP contribution in [0.1, 0.15) is 109 Å². The van der Waals surface area contributed by atoms with Gasteiger partial charge >= 0.3 is 0 Å². The van der Waals surface area contributed by atoms with E-state index in [0.717, 1.165) is 36.5 Å². The van der Waals surface area contributed by atoms with Gasteiger partial charge in [0, 0.05) is 23.9 Å². The molecule has 184 valence electrons. The Balaban J connectivity index is 0.875. The molecule has 6 atom stereocenters. The second-order valence-electron chi connectivity index (χ2n) is 13.3. The fourth-order valence-electron chi connectivity index (χ4n) is 9.30. The molecule has 4 nitrogen and oxygen atoms in total. The molecule has 6 aliphatic carbocycles. The number of amides is 2. The third kappa shape index (κ3) is 4.87. The molecular weight excluding hydrogens is 408 g/mol. The van der Waals surface area contributed by atoms with Gasteiger partial charge in [-0.25, -0.2) is 0 Å². The molecular formula is C29H46N2O2. The highest BCUT2D eigenvalue weighted by Gasteiger charge is 2.44. The first kappa shape index (κ1) is 22.4. The summed E-state index contributed by atoms with van der Waals surface area (Å²) in [6, 6.07) is 0.870. The normalized spacial score (nSPS) is 46.4. The molecule has 0 aromatic carbocycles. The Labute approximate surface area is 200 Å². The Morgan fingerprint density at radius 2 is 0.939 bits per heavy atom. The van der Waals surface area contributed by atoms with Gasteiger partial charge in [0.15, 0.2) is 0 Å². The Morgan fingerprint density at radius 1 is 0.515 bits per heavy atom. The molecule has 0 spiro atoms. The Morgan fingerprint density at radius 3 is 1.27 bits per heavy atom. The van der Waals surface area contributed by atoms with Crippen LogP contribution in [0.15, 0.2) is 0 Å². The number of carbonyl (C=O) groups excluding carboxylic acids is 2. The SMILES string of the molecule is O=C(NC1CCC(CC2CCC(NC(=O)[C@@H]3C[C@H]4CC[C@H]3C4)CC2)CC1)[C@H]1C[C@H]2CC[C@H]1C2. The van der Waals surface area contributed by atoms with Gasteiger partial charge in [0.1, 0.15) is 0 Å². The summed E-state index contributed by atoms with van der Waals surface area (Å²) in [5, 5.41) is 6.90. The topological polar surface area (TPSA) is 58.2 Å². The molecule has 0 heterocycles. The van der Waals surface area contributed by atoms with Crippen LogP contribution >= 0.6 is 0 Å². The number of nitrogens with one attached hydrogen (secondary N) is 2. The highest BCUT2D eigenvalue weighted by molar-refractivity contribution is 5.80. The maximum absolute atomic E-state index is 12.8. The van der Waals surface area contributed by atoms with Gasteiger partial charge in [-0.2, -0.15) is 0 Å². The lowest BCUT2D eigenvalue weighted by molar-refractivity contribution is -0.128. The Bertz CT molecular complexity index is 661. The zero-order valence-electron chi connectivity index (χ0n) is 20.6. The van der Waals surface area contributed by atoms with Gasteiger partial charge in [-0.05, 0) is 132 Å². The average molecular weight is 455 g/mol. The summed E-state index contributed by atoms with van der Waals surface area (Å²) in [5.74, 6) is 6.23. The van der Waals surface area contributed by atoms with Crippen LogP contribution in [0.2, 0.25) is 0 Å². The van der Waals surface area contributed by atoms with Gasteiger partial charge < -0.3 is 10.6 Å².